The number of nitrogens with one attached hydrogen (secondary N) is 1. The number of rotatable bonds is 5. The fourth-order valence-corrected chi connectivity index (χ4v) is 3.64. The standard InChI is InChI=1S/C22H20ClFN6O/c23-17-4-2-16(3-5-17)22(31)30-11-9-29(10-12-30)21-20(26-8-7-24)27-18-6-1-15(14-25)13-19(18)28-21/h1-6,13H,7-12H2,(H,26,27). The molecule has 1 N–H and O–H groups in total. The Morgan fingerprint density at radius 2 is 1.84 bits per heavy atom. The van der Waals surface area contributed by atoms with Crippen LogP contribution >= 0.6 is 11.6 Å². The van der Waals surface area contributed by atoms with Gasteiger partial charge < -0.3 is 15.1 Å². The molecular weight excluding hydrogens is 419 g/mol. The molecule has 1 aliphatic heterocycles. The molecule has 1 saturated heterocycles. The van der Waals surface area contributed by atoms with E-state index in [9.17, 15) is 9.18 Å². The molecule has 0 spiro atoms. The van der Waals surface area contributed by atoms with Crippen molar-refractivity contribution in [1.82, 2.24) is 14.9 Å². The smallest absolute Gasteiger partial charge is 0.253 e. The molecule has 2 aromatic carbocycles. The molecule has 2 heterocycles. The summed E-state index contributed by atoms with van der Waals surface area (Å²) in [5.41, 5.74) is 2.31. The molecule has 4 rings (SSSR count). The molecule has 9 heteroatoms. The topological polar surface area (TPSA) is 85.2 Å². The Hall–Kier alpha value is -3.44. The van der Waals surface area contributed by atoms with Crippen molar-refractivity contribution in [2.75, 3.05) is 49.6 Å². The summed E-state index contributed by atoms with van der Waals surface area (Å²) in [5, 5.41) is 12.8. The lowest BCUT2D eigenvalue weighted by Gasteiger charge is -2.36. The maximum Gasteiger partial charge on any atom is 0.253 e. The van der Waals surface area contributed by atoms with Crippen molar-refractivity contribution in [2.45, 2.75) is 0 Å². The van der Waals surface area contributed by atoms with Crippen LogP contribution in [0.4, 0.5) is 16.0 Å². The van der Waals surface area contributed by atoms with Crippen LogP contribution in [0, 0.1) is 11.3 Å². The lowest BCUT2D eigenvalue weighted by Crippen LogP contribution is -2.49. The highest BCUT2D eigenvalue weighted by atomic mass is 35.5. The minimum atomic E-state index is -0.532. The van der Waals surface area contributed by atoms with Crippen molar-refractivity contribution in [3.05, 3.63) is 58.6 Å². The van der Waals surface area contributed by atoms with Gasteiger partial charge in [0, 0.05) is 43.3 Å². The number of benzene rings is 2. The maximum atomic E-state index is 12.8. The summed E-state index contributed by atoms with van der Waals surface area (Å²) >= 11 is 5.91. The van der Waals surface area contributed by atoms with Crippen LogP contribution < -0.4 is 10.2 Å². The van der Waals surface area contributed by atoms with Crippen LogP contribution in [0.1, 0.15) is 15.9 Å². The minimum Gasteiger partial charge on any atom is -0.364 e. The molecule has 31 heavy (non-hydrogen) atoms. The Labute approximate surface area is 184 Å². The van der Waals surface area contributed by atoms with Gasteiger partial charge in [-0.2, -0.15) is 5.26 Å². The first-order valence-corrected chi connectivity index (χ1v) is 10.3. The molecular formula is C22H20ClFN6O. The van der Waals surface area contributed by atoms with Crippen LogP contribution in [-0.4, -0.2) is 60.2 Å². The molecule has 7 nitrogen and oxygen atoms in total. The summed E-state index contributed by atoms with van der Waals surface area (Å²) in [4.78, 5) is 25.9. The Bertz CT molecular complexity index is 1140. The number of fused-ring (bicyclic) bond motifs is 1. The molecule has 0 aliphatic carbocycles. The molecule has 1 aliphatic rings. The predicted octanol–water partition coefficient (Wildman–Crippen LogP) is 3.50. The fraction of sp³-hybridized carbons (Fsp3) is 0.273. The van der Waals surface area contributed by atoms with Crippen LogP contribution in [0.15, 0.2) is 42.5 Å². The summed E-state index contributed by atoms with van der Waals surface area (Å²) < 4.78 is 12.8. The molecule has 1 aromatic heterocycles. The Morgan fingerprint density at radius 1 is 1.10 bits per heavy atom. The quantitative estimate of drug-likeness (QED) is 0.656. The third-order valence-corrected chi connectivity index (χ3v) is 5.37. The van der Waals surface area contributed by atoms with Gasteiger partial charge in [-0.3, -0.25) is 4.79 Å². The number of piperazine rings is 1. The number of carbonyl (C=O) groups is 1. The van der Waals surface area contributed by atoms with Crippen molar-refractivity contribution >= 4 is 40.2 Å². The molecule has 3 aromatic rings. The van der Waals surface area contributed by atoms with E-state index in [1.807, 2.05) is 4.90 Å². The average molecular weight is 439 g/mol. The number of nitrogens with zero attached hydrogens (tertiary/aromatic N) is 5. The van der Waals surface area contributed by atoms with E-state index in [-0.39, 0.29) is 12.5 Å². The predicted molar refractivity (Wildman–Crippen MR) is 118 cm³/mol. The highest BCUT2D eigenvalue weighted by Crippen LogP contribution is 2.27. The zero-order chi connectivity index (χ0) is 21.8. The maximum absolute atomic E-state index is 12.8. The van der Waals surface area contributed by atoms with Gasteiger partial charge in [0.15, 0.2) is 11.6 Å². The first-order valence-electron chi connectivity index (χ1n) is 9.90. The van der Waals surface area contributed by atoms with E-state index in [2.05, 4.69) is 16.4 Å². The van der Waals surface area contributed by atoms with Crippen LogP contribution in [0.25, 0.3) is 11.0 Å². The van der Waals surface area contributed by atoms with Crippen molar-refractivity contribution in [3.8, 4) is 6.07 Å². The second-order valence-electron chi connectivity index (χ2n) is 7.11. The van der Waals surface area contributed by atoms with E-state index < -0.39 is 6.67 Å². The minimum absolute atomic E-state index is 0.0460. The Balaban J connectivity index is 1.56. The van der Waals surface area contributed by atoms with Gasteiger partial charge in [0.25, 0.3) is 5.91 Å². The zero-order valence-electron chi connectivity index (χ0n) is 16.7. The van der Waals surface area contributed by atoms with Gasteiger partial charge >= 0.3 is 0 Å². The van der Waals surface area contributed by atoms with Gasteiger partial charge in [0.1, 0.15) is 6.67 Å². The van der Waals surface area contributed by atoms with E-state index in [1.54, 1.807) is 47.4 Å². The number of aromatic nitrogens is 2. The Morgan fingerprint density at radius 3 is 2.52 bits per heavy atom. The van der Waals surface area contributed by atoms with Crippen molar-refractivity contribution in [3.63, 3.8) is 0 Å². The molecule has 1 fully saturated rings. The van der Waals surface area contributed by atoms with Crippen molar-refractivity contribution in [2.24, 2.45) is 0 Å². The SMILES string of the molecule is N#Cc1ccc2nc(NCCF)c(N3CCN(C(=O)c4ccc(Cl)cc4)CC3)nc2c1. The average Bonchev–Trinajstić information content (AvgIpc) is 2.82. The first-order chi connectivity index (χ1) is 15.1. The fourth-order valence-electron chi connectivity index (χ4n) is 3.52. The van der Waals surface area contributed by atoms with Crippen molar-refractivity contribution in [1.29, 1.82) is 5.26 Å². The lowest BCUT2D eigenvalue weighted by molar-refractivity contribution is 0.0746. The third kappa shape index (κ3) is 4.52. The largest absolute Gasteiger partial charge is 0.364 e. The summed E-state index contributed by atoms with van der Waals surface area (Å²) in [6, 6.07) is 14.0. The monoisotopic (exact) mass is 438 g/mol. The van der Waals surface area contributed by atoms with Crippen molar-refractivity contribution < 1.29 is 9.18 Å². The molecule has 0 saturated carbocycles. The summed E-state index contributed by atoms with van der Waals surface area (Å²) in [7, 11) is 0. The number of halogens is 2. The van der Waals surface area contributed by atoms with Gasteiger partial charge in [-0.15, -0.1) is 0 Å². The highest BCUT2D eigenvalue weighted by Gasteiger charge is 2.25. The molecule has 1 amide bonds. The van der Waals surface area contributed by atoms with Gasteiger partial charge in [-0.1, -0.05) is 11.6 Å². The summed E-state index contributed by atoms with van der Waals surface area (Å²) in [5.74, 6) is 1.04. The molecule has 0 radical (unpaired) electrons. The number of hydrogen-bond acceptors (Lipinski definition) is 6. The number of carbonyl (C=O) groups excluding carboxylic acids is 1. The molecule has 0 unspecified atom stereocenters. The Kier molecular flexibility index (Phi) is 6.14. The normalized spacial score (nSPS) is 13.8. The van der Waals surface area contributed by atoms with Crippen LogP contribution in [0.2, 0.25) is 5.02 Å². The number of nitriles is 1. The number of hydrogen-bond donors (Lipinski definition) is 1. The van der Waals surface area contributed by atoms with E-state index in [1.165, 1.54) is 0 Å². The number of amides is 1. The van der Waals surface area contributed by atoms with Crippen LogP contribution in [0.5, 0.6) is 0 Å². The summed E-state index contributed by atoms with van der Waals surface area (Å²) in [6.07, 6.45) is 0. The lowest BCUT2D eigenvalue weighted by atomic mass is 10.2. The van der Waals surface area contributed by atoms with Gasteiger partial charge in [0.05, 0.1) is 22.7 Å². The van der Waals surface area contributed by atoms with Gasteiger partial charge in [-0.25, -0.2) is 14.4 Å². The summed E-state index contributed by atoms with van der Waals surface area (Å²) in [6.45, 7) is 1.74. The molecule has 0 bridgehead atoms. The van der Waals surface area contributed by atoms with E-state index >= 15 is 0 Å². The third-order valence-electron chi connectivity index (χ3n) is 5.12. The number of alkyl halides is 1. The number of anilines is 2. The molecule has 158 valence electrons. The first kappa shape index (κ1) is 20.8. The van der Waals surface area contributed by atoms with Gasteiger partial charge in [0.2, 0.25) is 0 Å². The second-order valence-corrected chi connectivity index (χ2v) is 7.55. The van der Waals surface area contributed by atoms with Crippen LogP contribution in [0.3, 0.4) is 0 Å². The van der Waals surface area contributed by atoms with E-state index in [4.69, 9.17) is 21.8 Å². The second kappa shape index (κ2) is 9.14. The zero-order valence-corrected chi connectivity index (χ0v) is 17.4. The van der Waals surface area contributed by atoms with Crippen LogP contribution in [-0.2, 0) is 0 Å². The van der Waals surface area contributed by atoms with E-state index in [0.29, 0.717) is 65.0 Å². The highest BCUT2D eigenvalue weighted by molar-refractivity contribution is 6.30. The van der Waals surface area contributed by atoms with E-state index in [0.717, 1.165) is 0 Å². The molecule has 0 atom stereocenters. The van der Waals surface area contributed by atoms with Gasteiger partial charge in [-0.05, 0) is 42.5 Å².